The number of fused-ring (bicyclic) bond motifs is 1. The lowest BCUT2D eigenvalue weighted by atomic mass is 10.1. The van der Waals surface area contributed by atoms with Crippen molar-refractivity contribution >= 4 is 16.6 Å². The maximum absolute atomic E-state index is 8.98. The van der Waals surface area contributed by atoms with E-state index in [9.17, 15) is 0 Å². The minimum atomic E-state index is -0.561. The zero-order chi connectivity index (χ0) is 12.5. The summed E-state index contributed by atoms with van der Waals surface area (Å²) in [6.07, 6.45) is 1.85. The van der Waals surface area contributed by atoms with Gasteiger partial charge in [0.1, 0.15) is 5.54 Å². The van der Waals surface area contributed by atoms with Crippen molar-refractivity contribution in [3.63, 3.8) is 0 Å². The molecule has 4 nitrogen and oxygen atoms in total. The fourth-order valence-corrected chi connectivity index (χ4v) is 1.81. The second-order valence-corrected chi connectivity index (χ2v) is 4.60. The van der Waals surface area contributed by atoms with E-state index in [1.54, 1.807) is 0 Å². The van der Waals surface area contributed by atoms with Gasteiger partial charge < -0.3 is 5.32 Å². The highest BCUT2D eigenvalue weighted by molar-refractivity contribution is 5.82. The average Bonchev–Trinajstić information content (AvgIpc) is 2.70. The molecule has 1 N–H and O–H groups in total. The zero-order valence-electron chi connectivity index (χ0n) is 10.4. The van der Waals surface area contributed by atoms with E-state index in [1.807, 2.05) is 42.9 Å². The third-order valence-corrected chi connectivity index (χ3v) is 2.68. The molecule has 0 saturated heterocycles. The minimum Gasteiger partial charge on any atom is -0.368 e. The first-order chi connectivity index (χ1) is 8.05. The first-order valence-electron chi connectivity index (χ1n) is 5.71. The molecule has 0 bridgehead atoms. The summed E-state index contributed by atoms with van der Waals surface area (Å²) in [5.41, 5.74) is 1.50. The van der Waals surface area contributed by atoms with Gasteiger partial charge in [-0.1, -0.05) is 0 Å². The van der Waals surface area contributed by atoms with Gasteiger partial charge in [0.05, 0.1) is 17.8 Å². The Balaban J connectivity index is 2.37. The van der Waals surface area contributed by atoms with Crippen molar-refractivity contribution in [3.8, 4) is 6.07 Å². The summed E-state index contributed by atoms with van der Waals surface area (Å²) in [7, 11) is 0. The number of hydrogen-bond acceptors (Lipinski definition) is 3. The lowest BCUT2D eigenvalue weighted by molar-refractivity contribution is 0.684. The number of aromatic nitrogens is 2. The topological polar surface area (TPSA) is 53.6 Å². The number of anilines is 1. The monoisotopic (exact) mass is 228 g/mol. The van der Waals surface area contributed by atoms with E-state index in [1.165, 1.54) is 0 Å². The Morgan fingerprint density at radius 3 is 2.88 bits per heavy atom. The van der Waals surface area contributed by atoms with Crippen molar-refractivity contribution in [1.82, 2.24) is 9.78 Å². The normalized spacial score (nSPS) is 11.4. The van der Waals surface area contributed by atoms with Gasteiger partial charge in [-0.05, 0) is 39.0 Å². The van der Waals surface area contributed by atoms with E-state index in [-0.39, 0.29) is 0 Å². The average molecular weight is 228 g/mol. The van der Waals surface area contributed by atoms with Crippen LogP contribution in [0.3, 0.4) is 0 Å². The van der Waals surface area contributed by atoms with E-state index in [0.29, 0.717) is 0 Å². The molecule has 0 radical (unpaired) electrons. The van der Waals surface area contributed by atoms with Crippen molar-refractivity contribution in [2.75, 3.05) is 5.32 Å². The van der Waals surface area contributed by atoms with Crippen LogP contribution in [0, 0.1) is 11.3 Å². The van der Waals surface area contributed by atoms with Crippen molar-refractivity contribution in [3.05, 3.63) is 24.4 Å². The van der Waals surface area contributed by atoms with Crippen LogP contribution in [-0.4, -0.2) is 15.3 Å². The molecule has 0 amide bonds. The number of benzene rings is 1. The predicted octanol–water partition coefficient (Wildman–Crippen LogP) is 2.77. The van der Waals surface area contributed by atoms with E-state index >= 15 is 0 Å². The van der Waals surface area contributed by atoms with E-state index in [0.717, 1.165) is 23.1 Å². The van der Waals surface area contributed by atoms with Crippen molar-refractivity contribution in [2.24, 2.45) is 0 Å². The highest BCUT2D eigenvalue weighted by Crippen LogP contribution is 2.21. The number of nitrogens with zero attached hydrogens (tertiary/aromatic N) is 3. The molecule has 1 aromatic carbocycles. The predicted molar refractivity (Wildman–Crippen MR) is 68.7 cm³/mol. The highest BCUT2D eigenvalue weighted by Gasteiger charge is 2.15. The van der Waals surface area contributed by atoms with Crippen LogP contribution in [-0.2, 0) is 6.54 Å². The Morgan fingerprint density at radius 1 is 1.47 bits per heavy atom. The highest BCUT2D eigenvalue weighted by atomic mass is 15.3. The summed E-state index contributed by atoms with van der Waals surface area (Å²) in [5, 5.41) is 17.6. The maximum Gasteiger partial charge on any atom is 0.119 e. The van der Waals surface area contributed by atoms with Crippen LogP contribution in [0.25, 0.3) is 10.9 Å². The molecule has 0 aliphatic rings. The minimum absolute atomic E-state index is 0.561. The van der Waals surface area contributed by atoms with Crippen molar-refractivity contribution in [2.45, 2.75) is 32.9 Å². The van der Waals surface area contributed by atoms with Crippen molar-refractivity contribution in [1.29, 1.82) is 5.26 Å². The third kappa shape index (κ3) is 2.23. The molecule has 1 heterocycles. The molecule has 1 aromatic heterocycles. The van der Waals surface area contributed by atoms with Gasteiger partial charge in [0.15, 0.2) is 0 Å². The van der Waals surface area contributed by atoms with Crippen LogP contribution < -0.4 is 5.32 Å². The fraction of sp³-hybridized carbons (Fsp3) is 0.385. The van der Waals surface area contributed by atoms with Gasteiger partial charge in [-0.3, -0.25) is 4.68 Å². The molecule has 2 rings (SSSR count). The molecule has 0 unspecified atom stereocenters. The Morgan fingerprint density at radius 2 is 2.24 bits per heavy atom. The van der Waals surface area contributed by atoms with Crippen LogP contribution in [0.15, 0.2) is 24.4 Å². The number of nitrogens with one attached hydrogen (secondary N) is 1. The summed E-state index contributed by atoms with van der Waals surface area (Å²) < 4.78 is 1.95. The standard InChI is InChI=1S/C13H16N4/c1-4-17-12-6-5-11(7-10(12)8-15-17)16-13(2,3)9-14/h5-8,16H,4H2,1-3H3. The quantitative estimate of drug-likeness (QED) is 0.878. The number of nitriles is 1. The number of aryl methyl sites for hydroxylation is 1. The van der Waals surface area contributed by atoms with Gasteiger partial charge in [0.25, 0.3) is 0 Å². The molecule has 2 aromatic rings. The Labute approximate surface area is 101 Å². The summed E-state index contributed by atoms with van der Waals surface area (Å²) >= 11 is 0. The molecule has 0 spiro atoms. The fourth-order valence-electron chi connectivity index (χ4n) is 1.81. The Kier molecular flexibility index (Phi) is 2.76. The van der Waals surface area contributed by atoms with Gasteiger partial charge in [-0.15, -0.1) is 0 Å². The smallest absolute Gasteiger partial charge is 0.119 e. The van der Waals surface area contributed by atoms with Gasteiger partial charge in [0, 0.05) is 17.6 Å². The third-order valence-electron chi connectivity index (χ3n) is 2.68. The van der Waals surface area contributed by atoms with E-state index in [4.69, 9.17) is 5.26 Å². The van der Waals surface area contributed by atoms with E-state index < -0.39 is 5.54 Å². The van der Waals surface area contributed by atoms with Gasteiger partial charge in [-0.2, -0.15) is 10.4 Å². The summed E-state index contributed by atoms with van der Waals surface area (Å²) in [4.78, 5) is 0. The summed E-state index contributed by atoms with van der Waals surface area (Å²) in [5.74, 6) is 0. The first-order valence-corrected chi connectivity index (χ1v) is 5.71. The van der Waals surface area contributed by atoms with Crippen LogP contribution in [0.4, 0.5) is 5.69 Å². The van der Waals surface area contributed by atoms with Crippen molar-refractivity contribution < 1.29 is 0 Å². The first kappa shape index (κ1) is 11.5. The molecule has 0 fully saturated rings. The van der Waals surface area contributed by atoms with Gasteiger partial charge in [-0.25, -0.2) is 0 Å². The van der Waals surface area contributed by atoms with Crippen LogP contribution in [0.2, 0.25) is 0 Å². The maximum atomic E-state index is 8.98. The molecule has 0 aliphatic carbocycles. The number of rotatable bonds is 3. The molecule has 17 heavy (non-hydrogen) atoms. The molecule has 0 saturated carbocycles. The lowest BCUT2D eigenvalue weighted by Gasteiger charge is -2.19. The second-order valence-electron chi connectivity index (χ2n) is 4.60. The Bertz CT molecular complexity index is 575. The molecule has 88 valence electrons. The molecular formula is C13H16N4. The second kappa shape index (κ2) is 4.10. The summed E-state index contributed by atoms with van der Waals surface area (Å²) in [6, 6.07) is 8.25. The lowest BCUT2D eigenvalue weighted by Crippen LogP contribution is -2.28. The SMILES string of the molecule is CCn1ncc2cc(NC(C)(C)C#N)ccc21. The molecular weight excluding hydrogens is 212 g/mol. The van der Waals surface area contributed by atoms with Gasteiger partial charge in [0.2, 0.25) is 0 Å². The Hall–Kier alpha value is -2.02. The zero-order valence-corrected chi connectivity index (χ0v) is 10.4. The van der Waals surface area contributed by atoms with Gasteiger partial charge >= 0.3 is 0 Å². The van der Waals surface area contributed by atoms with Crippen LogP contribution in [0.1, 0.15) is 20.8 Å². The van der Waals surface area contributed by atoms with Crippen LogP contribution in [0.5, 0.6) is 0 Å². The molecule has 0 atom stereocenters. The molecule has 0 aliphatic heterocycles. The molecule has 4 heteroatoms. The van der Waals surface area contributed by atoms with Crippen LogP contribution >= 0.6 is 0 Å². The summed E-state index contributed by atoms with van der Waals surface area (Å²) in [6.45, 7) is 6.64. The number of hydrogen-bond donors (Lipinski definition) is 1. The largest absolute Gasteiger partial charge is 0.368 e. The van der Waals surface area contributed by atoms with E-state index in [2.05, 4.69) is 23.4 Å².